The summed E-state index contributed by atoms with van der Waals surface area (Å²) in [5.74, 6) is -0.0700. The Kier molecular flexibility index (Phi) is 6.40. The van der Waals surface area contributed by atoms with Crippen LogP contribution in [0, 0.1) is 0 Å². The summed E-state index contributed by atoms with van der Waals surface area (Å²) < 4.78 is 12.5. The lowest BCUT2D eigenvalue weighted by Crippen LogP contribution is -2.17. The minimum Gasteiger partial charge on any atom is -0.497 e. The second kappa shape index (κ2) is 10.0. The first kappa shape index (κ1) is 24.9. The lowest BCUT2D eigenvalue weighted by atomic mass is 9.95. The number of ether oxygens (including phenoxy) is 2. The number of rotatable bonds is 6. The summed E-state index contributed by atoms with van der Waals surface area (Å²) in [5, 5.41) is 3.46. The average molecular weight is 542 g/mol. The zero-order valence-electron chi connectivity index (χ0n) is 21.6. The molecule has 0 fully saturated rings. The number of anilines is 2. The molecule has 0 radical (unpaired) electrons. The normalized spacial score (nSPS) is 12.9. The highest BCUT2D eigenvalue weighted by atomic mass is 32.1. The number of methoxy groups -OCH3 is 1. The van der Waals surface area contributed by atoms with E-state index in [0.29, 0.717) is 44.2 Å². The van der Waals surface area contributed by atoms with Crippen molar-refractivity contribution >= 4 is 56.2 Å². The molecule has 5 aromatic rings. The smallest absolute Gasteiger partial charge is 0.341 e. The Balaban J connectivity index is 1.52. The number of nitrogens with zero attached hydrogens (tertiary/aromatic N) is 3. The first-order chi connectivity index (χ1) is 19.0. The monoisotopic (exact) mass is 541 g/mol. The number of carbonyl (C=O) groups excluding carboxylic acids is 2. The minimum atomic E-state index is -0.465. The van der Waals surface area contributed by atoms with Crippen LogP contribution in [0.15, 0.2) is 48.5 Å². The molecule has 3 aromatic heterocycles. The quantitative estimate of drug-likeness (QED) is 0.271. The molecule has 3 heterocycles. The van der Waals surface area contributed by atoms with Crippen LogP contribution in [-0.2, 0) is 17.6 Å². The van der Waals surface area contributed by atoms with Crippen LogP contribution in [0.25, 0.3) is 27.9 Å². The van der Waals surface area contributed by atoms with Crippen molar-refractivity contribution in [3.05, 3.63) is 70.1 Å². The molecule has 2 aromatic carbocycles. The molecule has 198 valence electrons. The van der Waals surface area contributed by atoms with Crippen LogP contribution >= 0.6 is 11.3 Å². The third-order valence-corrected chi connectivity index (χ3v) is 8.12. The SMILES string of the molecule is CCOC(=O)c1c(NC(=O)c2c(N)n(-c3cccc(OC)c3)c3nc4ccccc4nc23)sc2c1CCCC2. The number of hydrogen-bond acceptors (Lipinski definition) is 8. The summed E-state index contributed by atoms with van der Waals surface area (Å²) in [5.41, 5.74) is 11.1. The van der Waals surface area contributed by atoms with Gasteiger partial charge in [0, 0.05) is 10.9 Å². The molecule has 6 rings (SSSR count). The molecule has 3 N–H and O–H groups in total. The molecule has 1 aliphatic carbocycles. The number of aryl methyl sites for hydroxylation is 1. The third-order valence-electron chi connectivity index (χ3n) is 6.91. The number of amides is 1. The highest BCUT2D eigenvalue weighted by Crippen LogP contribution is 2.40. The van der Waals surface area contributed by atoms with Crippen LogP contribution in [-0.4, -0.2) is 40.1 Å². The number of carbonyl (C=O) groups is 2. The topological polar surface area (TPSA) is 121 Å². The first-order valence-electron chi connectivity index (χ1n) is 12.8. The Hall–Kier alpha value is -4.44. The van der Waals surface area contributed by atoms with E-state index in [4.69, 9.17) is 25.2 Å². The van der Waals surface area contributed by atoms with Crippen molar-refractivity contribution in [2.75, 3.05) is 24.8 Å². The summed E-state index contributed by atoms with van der Waals surface area (Å²) in [7, 11) is 1.59. The number of nitrogens with one attached hydrogen (secondary N) is 1. The molecule has 0 unspecified atom stereocenters. The van der Waals surface area contributed by atoms with Crippen molar-refractivity contribution in [2.45, 2.75) is 32.6 Å². The highest BCUT2D eigenvalue weighted by Gasteiger charge is 2.30. The van der Waals surface area contributed by atoms with Crippen LogP contribution in [0.5, 0.6) is 5.75 Å². The fraction of sp³-hybridized carbons (Fsp3) is 0.241. The molecule has 9 nitrogen and oxygen atoms in total. The van der Waals surface area contributed by atoms with Crippen molar-refractivity contribution in [3.63, 3.8) is 0 Å². The van der Waals surface area contributed by atoms with Crippen molar-refractivity contribution in [3.8, 4) is 11.4 Å². The Morgan fingerprint density at radius 1 is 1.05 bits per heavy atom. The standard InChI is InChI=1S/C29H27N5O4S/c1-3-38-29(36)22-18-11-4-7-14-21(18)39-28(22)33-27(35)23-24-26(32-20-13-6-5-12-19(20)31-24)34(25(23)30)16-9-8-10-17(15-16)37-2/h5-6,8-10,12-13,15H,3-4,7,11,14,30H2,1-2H3,(H,33,35). The van der Waals surface area contributed by atoms with Gasteiger partial charge in [-0.1, -0.05) is 18.2 Å². The van der Waals surface area contributed by atoms with Crippen LogP contribution in [0.4, 0.5) is 10.8 Å². The van der Waals surface area contributed by atoms with Gasteiger partial charge >= 0.3 is 5.97 Å². The number of thiophene rings is 1. The van der Waals surface area contributed by atoms with Gasteiger partial charge in [0.2, 0.25) is 0 Å². The Morgan fingerprint density at radius 3 is 2.59 bits per heavy atom. The van der Waals surface area contributed by atoms with Gasteiger partial charge in [-0.3, -0.25) is 9.36 Å². The number of esters is 1. The van der Waals surface area contributed by atoms with Gasteiger partial charge in [-0.2, -0.15) is 0 Å². The molecule has 0 bridgehead atoms. The number of hydrogen-bond donors (Lipinski definition) is 2. The number of fused-ring (bicyclic) bond motifs is 3. The molecule has 0 saturated heterocycles. The van der Waals surface area contributed by atoms with Gasteiger partial charge in [0.05, 0.1) is 36.0 Å². The summed E-state index contributed by atoms with van der Waals surface area (Å²) in [6, 6.07) is 14.8. The molecule has 0 spiro atoms. The van der Waals surface area contributed by atoms with E-state index in [0.717, 1.165) is 36.1 Å². The summed E-state index contributed by atoms with van der Waals surface area (Å²) >= 11 is 1.43. The lowest BCUT2D eigenvalue weighted by molar-refractivity contribution is 0.0526. The predicted octanol–water partition coefficient (Wildman–Crippen LogP) is 5.53. The van der Waals surface area contributed by atoms with Crippen LogP contribution < -0.4 is 15.8 Å². The highest BCUT2D eigenvalue weighted by molar-refractivity contribution is 7.17. The van der Waals surface area contributed by atoms with Crippen molar-refractivity contribution in [2.24, 2.45) is 0 Å². The van der Waals surface area contributed by atoms with Gasteiger partial charge in [0.1, 0.15) is 27.6 Å². The van der Waals surface area contributed by atoms with Gasteiger partial charge in [0.15, 0.2) is 5.65 Å². The zero-order chi connectivity index (χ0) is 27.1. The van der Waals surface area contributed by atoms with E-state index in [2.05, 4.69) is 5.32 Å². The number of benzene rings is 2. The fourth-order valence-electron chi connectivity index (χ4n) is 5.14. The van der Waals surface area contributed by atoms with E-state index in [9.17, 15) is 9.59 Å². The Labute approximate surface area is 228 Å². The molecule has 0 saturated carbocycles. The summed E-state index contributed by atoms with van der Waals surface area (Å²) in [6.45, 7) is 2.02. The largest absolute Gasteiger partial charge is 0.497 e. The molecule has 0 atom stereocenters. The first-order valence-corrected chi connectivity index (χ1v) is 13.7. The van der Waals surface area contributed by atoms with Crippen LogP contribution in [0.2, 0.25) is 0 Å². The number of para-hydroxylation sites is 2. The minimum absolute atomic E-state index is 0.185. The van der Waals surface area contributed by atoms with Gasteiger partial charge in [-0.15, -0.1) is 11.3 Å². The van der Waals surface area contributed by atoms with Crippen LogP contribution in [0.1, 0.15) is 50.9 Å². The van der Waals surface area contributed by atoms with E-state index < -0.39 is 11.9 Å². The Morgan fingerprint density at radius 2 is 1.82 bits per heavy atom. The third kappa shape index (κ3) is 4.26. The predicted molar refractivity (Wildman–Crippen MR) is 152 cm³/mol. The van der Waals surface area contributed by atoms with E-state index >= 15 is 0 Å². The van der Waals surface area contributed by atoms with Gasteiger partial charge in [-0.25, -0.2) is 14.8 Å². The van der Waals surface area contributed by atoms with Gasteiger partial charge < -0.3 is 20.5 Å². The Bertz CT molecular complexity index is 1760. The van der Waals surface area contributed by atoms with E-state index in [1.54, 1.807) is 18.6 Å². The molecule has 0 aliphatic heterocycles. The summed E-state index contributed by atoms with van der Waals surface area (Å²) in [6.07, 6.45) is 3.70. The zero-order valence-corrected chi connectivity index (χ0v) is 22.4. The molecule has 39 heavy (non-hydrogen) atoms. The number of nitrogens with two attached hydrogens (primary N) is 1. The van der Waals surface area contributed by atoms with Gasteiger partial charge in [0.25, 0.3) is 5.91 Å². The molecular weight excluding hydrogens is 514 g/mol. The van der Waals surface area contributed by atoms with Crippen molar-refractivity contribution in [1.82, 2.24) is 14.5 Å². The van der Waals surface area contributed by atoms with E-state index in [1.165, 1.54) is 11.3 Å². The summed E-state index contributed by atoms with van der Waals surface area (Å²) in [4.78, 5) is 37.7. The number of aromatic nitrogens is 3. The molecular formula is C29H27N5O4S. The van der Waals surface area contributed by atoms with Crippen molar-refractivity contribution in [1.29, 1.82) is 0 Å². The maximum absolute atomic E-state index is 14.0. The molecule has 10 heteroatoms. The number of nitrogen functional groups attached to an aromatic ring is 1. The van der Waals surface area contributed by atoms with Crippen molar-refractivity contribution < 1.29 is 19.1 Å². The second-order valence-electron chi connectivity index (χ2n) is 9.27. The maximum atomic E-state index is 14.0. The fourth-order valence-corrected chi connectivity index (χ4v) is 6.41. The van der Waals surface area contributed by atoms with Crippen LogP contribution in [0.3, 0.4) is 0 Å². The van der Waals surface area contributed by atoms with E-state index in [1.807, 2.05) is 48.5 Å². The van der Waals surface area contributed by atoms with Gasteiger partial charge in [-0.05, 0) is 62.4 Å². The second-order valence-corrected chi connectivity index (χ2v) is 10.4. The maximum Gasteiger partial charge on any atom is 0.341 e. The molecule has 1 aliphatic rings. The average Bonchev–Trinajstić information content (AvgIpc) is 3.45. The molecule has 1 amide bonds. The van der Waals surface area contributed by atoms with E-state index in [-0.39, 0.29) is 18.0 Å². The lowest BCUT2D eigenvalue weighted by Gasteiger charge is -2.12.